The van der Waals surface area contributed by atoms with Gasteiger partial charge in [-0.05, 0) is 18.2 Å². The van der Waals surface area contributed by atoms with E-state index in [1.807, 2.05) is 0 Å². The molecule has 1 fully saturated rings. The van der Waals surface area contributed by atoms with Gasteiger partial charge < -0.3 is 14.3 Å². The molecule has 27 heavy (non-hydrogen) atoms. The summed E-state index contributed by atoms with van der Waals surface area (Å²) in [5, 5.41) is 18.8. The topological polar surface area (TPSA) is 106 Å². The Morgan fingerprint density at radius 2 is 2.19 bits per heavy atom. The Balaban J connectivity index is 1.92. The number of hydrogen-bond donors (Lipinski definition) is 1. The molecule has 8 nitrogen and oxygen atoms in total. The molecular weight excluding hydrogens is 370 g/mol. The zero-order valence-electron chi connectivity index (χ0n) is 14.0. The minimum absolute atomic E-state index is 0.0511. The molecule has 4 rings (SSSR count). The molecule has 1 aliphatic heterocycles. The van der Waals surface area contributed by atoms with Gasteiger partial charge in [0.05, 0.1) is 25.2 Å². The maximum Gasteiger partial charge on any atom is 0.301 e. The highest BCUT2D eigenvalue weighted by Gasteiger charge is 2.48. The Labute approximate surface area is 157 Å². The number of aliphatic hydroxyl groups excluding tert-OH is 1. The Kier molecular flexibility index (Phi) is 4.21. The van der Waals surface area contributed by atoms with Crippen molar-refractivity contribution in [1.82, 2.24) is 10.2 Å². The van der Waals surface area contributed by atoms with Crippen molar-refractivity contribution in [3.63, 3.8) is 0 Å². The Morgan fingerprint density at radius 1 is 1.33 bits per heavy atom. The van der Waals surface area contributed by atoms with Crippen molar-refractivity contribution in [2.24, 2.45) is 0 Å². The second kappa shape index (κ2) is 6.69. The maximum atomic E-state index is 12.8. The van der Waals surface area contributed by atoms with Crippen LogP contribution in [-0.2, 0) is 9.59 Å². The number of ketones is 1. The molecule has 3 heterocycles. The second-order valence-electron chi connectivity index (χ2n) is 5.68. The molecule has 2 aromatic heterocycles. The molecule has 1 atom stereocenters. The predicted molar refractivity (Wildman–Crippen MR) is 96.4 cm³/mol. The smallest absolute Gasteiger partial charge is 0.301 e. The van der Waals surface area contributed by atoms with E-state index in [1.165, 1.54) is 30.0 Å². The monoisotopic (exact) mass is 383 g/mol. The highest BCUT2D eigenvalue weighted by atomic mass is 32.1. The minimum atomic E-state index is -0.872. The first-order chi connectivity index (χ1) is 13.1. The largest absolute Gasteiger partial charge is 0.507 e. The van der Waals surface area contributed by atoms with Gasteiger partial charge in [0.2, 0.25) is 5.13 Å². The van der Waals surface area contributed by atoms with Crippen molar-refractivity contribution in [1.29, 1.82) is 0 Å². The number of carbonyl (C=O) groups excluding carboxylic acids is 2. The third-order valence-corrected chi connectivity index (χ3v) is 4.89. The van der Waals surface area contributed by atoms with Gasteiger partial charge in [0.1, 0.15) is 23.1 Å². The summed E-state index contributed by atoms with van der Waals surface area (Å²) in [6, 6.07) is 7.36. The van der Waals surface area contributed by atoms with Crippen LogP contribution in [0.15, 0.2) is 58.4 Å². The fraction of sp³-hybridized carbons (Fsp3) is 0.111. The van der Waals surface area contributed by atoms with Crippen LogP contribution in [0.25, 0.3) is 5.76 Å². The number of amides is 1. The van der Waals surface area contributed by atoms with Crippen molar-refractivity contribution >= 4 is 33.9 Å². The van der Waals surface area contributed by atoms with Gasteiger partial charge in [0.25, 0.3) is 5.78 Å². The summed E-state index contributed by atoms with van der Waals surface area (Å²) in [6.07, 6.45) is 2.85. The molecule has 1 amide bonds. The fourth-order valence-electron chi connectivity index (χ4n) is 2.97. The van der Waals surface area contributed by atoms with Crippen LogP contribution in [0.2, 0.25) is 0 Å². The molecule has 3 aromatic rings. The molecule has 136 valence electrons. The van der Waals surface area contributed by atoms with E-state index in [0.717, 1.165) is 11.3 Å². The first-order valence-electron chi connectivity index (χ1n) is 7.85. The summed E-state index contributed by atoms with van der Waals surface area (Å²) < 4.78 is 10.3. The van der Waals surface area contributed by atoms with Crippen LogP contribution in [0.4, 0.5) is 5.13 Å². The molecule has 1 aliphatic rings. The van der Waals surface area contributed by atoms with E-state index >= 15 is 0 Å². The number of ether oxygens (including phenoxy) is 1. The van der Waals surface area contributed by atoms with Gasteiger partial charge in [-0.2, -0.15) is 0 Å². The third-order valence-electron chi connectivity index (χ3n) is 4.20. The molecular formula is C18H13N3O5S. The molecule has 0 saturated carbocycles. The summed E-state index contributed by atoms with van der Waals surface area (Å²) in [7, 11) is 1.50. The van der Waals surface area contributed by atoms with Gasteiger partial charge in [-0.1, -0.05) is 23.5 Å². The van der Waals surface area contributed by atoms with Gasteiger partial charge >= 0.3 is 5.91 Å². The van der Waals surface area contributed by atoms with Gasteiger partial charge in [-0.3, -0.25) is 14.5 Å². The lowest BCUT2D eigenvalue weighted by molar-refractivity contribution is -0.132. The van der Waals surface area contributed by atoms with Gasteiger partial charge in [0.15, 0.2) is 0 Å². The third kappa shape index (κ3) is 2.77. The number of rotatable bonds is 4. The lowest BCUT2D eigenvalue weighted by Gasteiger charge is -2.20. The average molecular weight is 383 g/mol. The van der Waals surface area contributed by atoms with E-state index < -0.39 is 17.7 Å². The lowest BCUT2D eigenvalue weighted by atomic mass is 9.97. The zero-order chi connectivity index (χ0) is 19.0. The number of nitrogens with zero attached hydrogens (tertiary/aromatic N) is 3. The van der Waals surface area contributed by atoms with Crippen molar-refractivity contribution in [3.8, 4) is 5.75 Å². The normalized spacial score (nSPS) is 18.9. The fourth-order valence-corrected chi connectivity index (χ4v) is 3.56. The van der Waals surface area contributed by atoms with Crippen LogP contribution < -0.4 is 9.64 Å². The minimum Gasteiger partial charge on any atom is -0.507 e. The van der Waals surface area contributed by atoms with E-state index in [2.05, 4.69) is 10.2 Å². The summed E-state index contributed by atoms with van der Waals surface area (Å²) in [6.45, 7) is 0. The van der Waals surface area contributed by atoms with Gasteiger partial charge in [-0.15, -0.1) is 10.2 Å². The Morgan fingerprint density at radius 3 is 2.85 bits per heavy atom. The van der Waals surface area contributed by atoms with Crippen molar-refractivity contribution < 1.29 is 23.8 Å². The first-order valence-corrected chi connectivity index (χ1v) is 8.73. The van der Waals surface area contributed by atoms with Crippen molar-refractivity contribution in [2.45, 2.75) is 6.04 Å². The summed E-state index contributed by atoms with van der Waals surface area (Å²) in [5.74, 6) is -1.39. The first kappa shape index (κ1) is 17.0. The number of aliphatic hydroxyl groups is 1. The number of furan rings is 1. The van der Waals surface area contributed by atoms with E-state index in [0.29, 0.717) is 16.9 Å². The Hall–Kier alpha value is -3.46. The number of hydrogen-bond acceptors (Lipinski definition) is 8. The van der Waals surface area contributed by atoms with Gasteiger partial charge in [-0.25, -0.2) is 0 Å². The second-order valence-corrected chi connectivity index (χ2v) is 6.49. The molecule has 0 bridgehead atoms. The summed E-state index contributed by atoms with van der Waals surface area (Å²) >= 11 is 1.12. The highest BCUT2D eigenvalue weighted by Crippen LogP contribution is 2.42. The lowest BCUT2D eigenvalue weighted by Crippen LogP contribution is -2.29. The number of aromatic nitrogens is 2. The zero-order valence-corrected chi connectivity index (χ0v) is 14.8. The molecule has 0 radical (unpaired) electrons. The van der Waals surface area contributed by atoms with Crippen molar-refractivity contribution in [3.05, 3.63) is 65.1 Å². The SMILES string of the molecule is COc1cccc(/C(O)=C2\C(=O)C(=O)N(c3nncs3)C2c2ccoc2)c1. The molecule has 1 unspecified atom stereocenters. The molecule has 0 spiro atoms. The maximum absolute atomic E-state index is 12.8. The van der Waals surface area contributed by atoms with Crippen LogP contribution in [-0.4, -0.2) is 34.1 Å². The number of Topliss-reactive ketones (excluding diaryl/α,β-unsaturated/α-hetero) is 1. The average Bonchev–Trinajstić information content (AvgIpc) is 3.43. The Bertz CT molecular complexity index is 1030. The van der Waals surface area contributed by atoms with Gasteiger partial charge in [0, 0.05) is 11.1 Å². The van der Waals surface area contributed by atoms with E-state index in [4.69, 9.17) is 9.15 Å². The summed E-state index contributed by atoms with van der Waals surface area (Å²) in [5.41, 5.74) is 2.31. The van der Waals surface area contributed by atoms with Crippen molar-refractivity contribution in [2.75, 3.05) is 12.0 Å². The van der Waals surface area contributed by atoms with E-state index in [1.54, 1.807) is 30.3 Å². The number of anilines is 1. The van der Waals surface area contributed by atoms with E-state index in [-0.39, 0.29) is 16.5 Å². The molecule has 1 aromatic carbocycles. The number of carbonyl (C=O) groups is 2. The number of methoxy groups -OCH3 is 1. The predicted octanol–water partition coefficient (Wildman–Crippen LogP) is 2.77. The molecule has 9 heteroatoms. The van der Waals surface area contributed by atoms with Crippen LogP contribution in [0.5, 0.6) is 5.75 Å². The van der Waals surface area contributed by atoms with E-state index in [9.17, 15) is 14.7 Å². The van der Waals surface area contributed by atoms with Crippen LogP contribution >= 0.6 is 11.3 Å². The molecule has 0 aliphatic carbocycles. The van der Waals surface area contributed by atoms with Crippen LogP contribution in [0, 0.1) is 0 Å². The molecule has 1 N–H and O–H groups in total. The number of benzene rings is 1. The standard InChI is InChI=1S/C18H13N3O5S/c1-25-12-4-2-3-10(7-12)15(22)13-14(11-5-6-26-8-11)21(17(24)16(13)23)18-20-19-9-27-18/h2-9,14,22H,1H3/b15-13+. The molecule has 1 saturated heterocycles. The highest BCUT2D eigenvalue weighted by molar-refractivity contribution is 7.13. The van der Waals surface area contributed by atoms with Crippen LogP contribution in [0.3, 0.4) is 0 Å². The summed E-state index contributed by atoms with van der Waals surface area (Å²) in [4.78, 5) is 26.7. The van der Waals surface area contributed by atoms with Crippen LogP contribution in [0.1, 0.15) is 17.2 Å². The quantitative estimate of drug-likeness (QED) is 0.419.